The fourth-order valence-corrected chi connectivity index (χ4v) is 6.61. The number of carbonyl (C=O) groups is 1. The first kappa shape index (κ1) is 26.5. The molecule has 3 fully saturated rings. The van der Waals surface area contributed by atoms with E-state index in [1.807, 2.05) is 16.7 Å². The Morgan fingerprint density at radius 2 is 1.85 bits per heavy atom. The van der Waals surface area contributed by atoms with Gasteiger partial charge in [-0.25, -0.2) is 9.97 Å². The first-order valence-corrected chi connectivity index (χ1v) is 13.8. The third-order valence-corrected chi connectivity index (χ3v) is 8.70. The minimum atomic E-state index is -4.39. The molecule has 0 spiro atoms. The lowest BCUT2D eigenvalue weighted by molar-refractivity contribution is -0.148. The van der Waals surface area contributed by atoms with Gasteiger partial charge in [0.25, 0.3) is 5.91 Å². The van der Waals surface area contributed by atoms with Gasteiger partial charge < -0.3 is 19.3 Å². The molecule has 210 valence electrons. The smallest absolute Gasteiger partial charge is 0.379 e. The Kier molecular flexibility index (Phi) is 7.24. The molecule has 8 nitrogen and oxygen atoms in total. The Morgan fingerprint density at radius 1 is 1.03 bits per heavy atom. The van der Waals surface area contributed by atoms with E-state index in [9.17, 15) is 18.0 Å². The number of hydrogen-bond donors (Lipinski definition) is 0. The van der Waals surface area contributed by atoms with E-state index < -0.39 is 11.7 Å². The van der Waals surface area contributed by atoms with Crippen LogP contribution in [0.4, 0.5) is 19.0 Å². The Bertz CT molecular complexity index is 1220. The van der Waals surface area contributed by atoms with Crippen molar-refractivity contribution in [3.8, 4) is 0 Å². The van der Waals surface area contributed by atoms with Gasteiger partial charge in [0, 0.05) is 57.0 Å². The molecule has 5 heterocycles. The molecule has 4 aliphatic heterocycles. The molecule has 2 atom stereocenters. The highest BCUT2D eigenvalue weighted by atomic mass is 19.4. The first-order valence-electron chi connectivity index (χ1n) is 13.8. The Balaban J connectivity index is 1.13. The van der Waals surface area contributed by atoms with Gasteiger partial charge in [0.15, 0.2) is 0 Å². The van der Waals surface area contributed by atoms with Gasteiger partial charge >= 0.3 is 6.18 Å². The average Bonchev–Trinajstić information content (AvgIpc) is 2.96. The maximum Gasteiger partial charge on any atom is 0.416 e. The quantitative estimate of drug-likeness (QED) is 0.585. The molecule has 2 aromatic rings. The van der Waals surface area contributed by atoms with Gasteiger partial charge in [-0.05, 0) is 55.9 Å². The molecule has 0 radical (unpaired) electrons. The Labute approximate surface area is 226 Å². The van der Waals surface area contributed by atoms with E-state index in [1.54, 1.807) is 6.07 Å². The molecule has 0 saturated carbocycles. The normalized spacial score (nSPS) is 24.8. The molecule has 6 rings (SSSR count). The zero-order valence-electron chi connectivity index (χ0n) is 22.1. The van der Waals surface area contributed by atoms with Gasteiger partial charge in [-0.3, -0.25) is 9.69 Å². The number of benzene rings is 1. The molecular formula is C28H34F3N5O3. The predicted octanol–water partition coefficient (Wildman–Crippen LogP) is 3.46. The number of nitrogens with zero attached hydrogens (tertiary/aromatic N) is 5. The van der Waals surface area contributed by atoms with Gasteiger partial charge in [-0.2, -0.15) is 13.2 Å². The number of alkyl halides is 3. The molecule has 39 heavy (non-hydrogen) atoms. The zero-order valence-corrected chi connectivity index (χ0v) is 22.1. The van der Waals surface area contributed by atoms with Crippen LogP contribution >= 0.6 is 0 Å². The summed E-state index contributed by atoms with van der Waals surface area (Å²) in [4.78, 5) is 28.7. The summed E-state index contributed by atoms with van der Waals surface area (Å²) >= 11 is 0. The lowest BCUT2D eigenvalue weighted by Crippen LogP contribution is -2.60. The lowest BCUT2D eigenvalue weighted by atomic mass is 9.95. The van der Waals surface area contributed by atoms with Crippen molar-refractivity contribution in [1.82, 2.24) is 19.8 Å². The highest BCUT2D eigenvalue weighted by Crippen LogP contribution is 2.34. The number of halogens is 3. The number of hydrogen-bond acceptors (Lipinski definition) is 7. The van der Waals surface area contributed by atoms with Crippen molar-refractivity contribution in [3.63, 3.8) is 0 Å². The van der Waals surface area contributed by atoms with Crippen LogP contribution < -0.4 is 4.90 Å². The molecule has 11 heteroatoms. The van der Waals surface area contributed by atoms with Gasteiger partial charge in [-0.1, -0.05) is 6.07 Å². The second-order valence-corrected chi connectivity index (χ2v) is 10.9. The number of amides is 1. The summed E-state index contributed by atoms with van der Waals surface area (Å²) in [6, 6.07) is 4.74. The Hall–Kier alpha value is -2.76. The summed E-state index contributed by atoms with van der Waals surface area (Å²) in [5.74, 6) is 0.488. The third kappa shape index (κ3) is 5.24. The van der Waals surface area contributed by atoms with Crippen molar-refractivity contribution in [2.45, 2.75) is 63.5 Å². The maximum absolute atomic E-state index is 13.6. The minimum Gasteiger partial charge on any atom is -0.379 e. The topological polar surface area (TPSA) is 71.0 Å². The van der Waals surface area contributed by atoms with Crippen molar-refractivity contribution in [2.24, 2.45) is 0 Å². The van der Waals surface area contributed by atoms with Crippen molar-refractivity contribution in [3.05, 3.63) is 52.5 Å². The van der Waals surface area contributed by atoms with Crippen LogP contribution in [0.5, 0.6) is 0 Å². The number of anilines is 1. The molecule has 0 aliphatic carbocycles. The average molecular weight is 546 g/mol. The maximum atomic E-state index is 13.6. The highest BCUT2D eigenvalue weighted by Gasteiger charge is 2.40. The largest absolute Gasteiger partial charge is 0.416 e. The van der Waals surface area contributed by atoms with Crippen molar-refractivity contribution >= 4 is 11.7 Å². The molecule has 0 N–H and O–H groups in total. The molecule has 3 saturated heterocycles. The van der Waals surface area contributed by atoms with Gasteiger partial charge in [0.1, 0.15) is 17.8 Å². The van der Waals surface area contributed by atoms with E-state index >= 15 is 0 Å². The van der Waals surface area contributed by atoms with Crippen LogP contribution in [0.2, 0.25) is 0 Å². The van der Waals surface area contributed by atoms with Crippen LogP contribution in [-0.4, -0.2) is 89.9 Å². The number of fused-ring (bicyclic) bond motifs is 2. The van der Waals surface area contributed by atoms with E-state index in [4.69, 9.17) is 9.47 Å². The number of morpholine rings is 1. The van der Waals surface area contributed by atoms with Gasteiger partial charge in [0.2, 0.25) is 0 Å². The predicted molar refractivity (Wildman–Crippen MR) is 138 cm³/mol. The van der Waals surface area contributed by atoms with E-state index in [0.29, 0.717) is 80.5 Å². The fourth-order valence-electron chi connectivity index (χ4n) is 6.61. The Morgan fingerprint density at radius 3 is 2.64 bits per heavy atom. The van der Waals surface area contributed by atoms with Gasteiger partial charge in [-0.15, -0.1) is 0 Å². The van der Waals surface area contributed by atoms with Crippen LogP contribution in [0, 0.1) is 6.92 Å². The summed E-state index contributed by atoms with van der Waals surface area (Å²) in [5.41, 5.74) is 1.94. The lowest BCUT2D eigenvalue weighted by Gasteiger charge is -2.49. The third-order valence-electron chi connectivity index (χ3n) is 8.70. The molecule has 1 aromatic heterocycles. The van der Waals surface area contributed by atoms with E-state index in [-0.39, 0.29) is 12.0 Å². The number of rotatable bonds is 3. The molecule has 1 aromatic carbocycles. The standard InChI is InChI=1S/C28H34F3N5O3/c1-18-25(27(37)34-9-5-22(6-10-34)36-11-13-39-24-16-38-12-7-23(24)36)32-17-33-26(18)35-8-4-19-2-3-21(28(29,30)31)14-20(19)15-35/h2-3,14,17,22-24H,4-13,15-16H2,1H3. The second kappa shape index (κ2) is 10.7. The minimum absolute atomic E-state index is 0.114. The van der Waals surface area contributed by atoms with Crippen LogP contribution in [0.3, 0.4) is 0 Å². The van der Waals surface area contributed by atoms with Crippen molar-refractivity contribution in [2.75, 3.05) is 50.9 Å². The van der Waals surface area contributed by atoms with Crippen LogP contribution in [0.15, 0.2) is 24.5 Å². The first-order chi connectivity index (χ1) is 18.8. The van der Waals surface area contributed by atoms with Crippen LogP contribution in [0.1, 0.15) is 52.0 Å². The van der Waals surface area contributed by atoms with Crippen LogP contribution in [0.25, 0.3) is 0 Å². The summed E-state index contributed by atoms with van der Waals surface area (Å²) < 4.78 is 51.4. The monoisotopic (exact) mass is 545 g/mol. The van der Waals surface area contributed by atoms with E-state index in [1.165, 1.54) is 12.4 Å². The number of ether oxygens (including phenoxy) is 2. The van der Waals surface area contributed by atoms with E-state index in [2.05, 4.69) is 14.9 Å². The van der Waals surface area contributed by atoms with Crippen molar-refractivity contribution < 1.29 is 27.4 Å². The summed E-state index contributed by atoms with van der Waals surface area (Å²) in [6.07, 6.45) is 0.533. The van der Waals surface area contributed by atoms with Gasteiger partial charge in [0.05, 0.1) is 24.9 Å². The summed E-state index contributed by atoms with van der Waals surface area (Å²) in [6.45, 7) is 7.11. The molecule has 0 bridgehead atoms. The number of likely N-dealkylation sites (tertiary alicyclic amines) is 1. The SMILES string of the molecule is Cc1c(C(=O)N2CCC(N3CCOC4COCCC43)CC2)ncnc1N1CCc2ccc(C(F)(F)F)cc2C1. The number of carbonyl (C=O) groups excluding carboxylic acids is 1. The van der Waals surface area contributed by atoms with E-state index in [0.717, 1.165) is 44.0 Å². The fraction of sp³-hybridized carbons (Fsp3) is 0.607. The number of aromatic nitrogens is 2. The molecular weight excluding hydrogens is 511 g/mol. The number of piperidine rings is 1. The van der Waals surface area contributed by atoms with Crippen molar-refractivity contribution in [1.29, 1.82) is 0 Å². The molecule has 4 aliphatic rings. The summed E-state index contributed by atoms with van der Waals surface area (Å²) in [7, 11) is 0. The summed E-state index contributed by atoms with van der Waals surface area (Å²) in [5, 5.41) is 0. The highest BCUT2D eigenvalue weighted by molar-refractivity contribution is 5.94. The van der Waals surface area contributed by atoms with Crippen LogP contribution in [-0.2, 0) is 28.6 Å². The zero-order chi connectivity index (χ0) is 27.1. The molecule has 2 unspecified atom stereocenters. The molecule has 1 amide bonds. The second-order valence-electron chi connectivity index (χ2n) is 10.9.